The van der Waals surface area contributed by atoms with Gasteiger partial charge in [-0.2, -0.15) is 0 Å². The maximum absolute atomic E-state index is 5.41. The van der Waals surface area contributed by atoms with E-state index in [2.05, 4.69) is 31.8 Å². The van der Waals surface area contributed by atoms with Crippen LogP contribution in [0.5, 0.6) is 0 Å². The molecule has 2 heterocycles. The number of nitrogens with one attached hydrogen (secondary N) is 1. The second kappa shape index (κ2) is 10.8. The van der Waals surface area contributed by atoms with Gasteiger partial charge in [-0.25, -0.2) is 4.98 Å². The van der Waals surface area contributed by atoms with Gasteiger partial charge in [-0.1, -0.05) is 0 Å². The third kappa shape index (κ3) is 6.51. The van der Waals surface area contributed by atoms with E-state index in [1.54, 1.807) is 6.20 Å². The van der Waals surface area contributed by atoms with E-state index in [0.717, 1.165) is 44.7 Å². The summed E-state index contributed by atoms with van der Waals surface area (Å²) in [5.41, 5.74) is 0. The van der Waals surface area contributed by atoms with Crippen LogP contribution in [0.15, 0.2) is 23.7 Å². The highest BCUT2D eigenvalue weighted by Gasteiger charge is 2.15. The standard InChI is InChI=1S/C15H27N5O.HI/c1-16-15(18-7-10-20-9-6-17-13-20)19(2)8-3-14-4-11-21-12-5-14;/h6,9,13-14H,3-5,7-8,10-12H2,1-2H3,(H,16,18);1H. The largest absolute Gasteiger partial charge is 0.381 e. The molecule has 0 bridgehead atoms. The van der Waals surface area contributed by atoms with Gasteiger partial charge in [-0.15, -0.1) is 24.0 Å². The zero-order chi connectivity index (χ0) is 14.9. The van der Waals surface area contributed by atoms with Crippen LogP contribution in [0, 0.1) is 5.92 Å². The maximum atomic E-state index is 5.41. The van der Waals surface area contributed by atoms with E-state index < -0.39 is 0 Å². The Morgan fingerprint density at radius 1 is 1.45 bits per heavy atom. The topological polar surface area (TPSA) is 54.7 Å². The van der Waals surface area contributed by atoms with E-state index in [1.165, 1.54) is 19.3 Å². The van der Waals surface area contributed by atoms with Crippen molar-refractivity contribution in [3.8, 4) is 0 Å². The number of halogens is 1. The Hall–Kier alpha value is -0.830. The smallest absolute Gasteiger partial charge is 0.193 e. The predicted molar refractivity (Wildman–Crippen MR) is 99.8 cm³/mol. The monoisotopic (exact) mass is 421 g/mol. The molecule has 1 aliphatic heterocycles. The Morgan fingerprint density at radius 3 is 2.86 bits per heavy atom. The molecule has 22 heavy (non-hydrogen) atoms. The van der Waals surface area contributed by atoms with Crippen LogP contribution in [0.2, 0.25) is 0 Å². The molecule has 0 amide bonds. The molecular weight excluding hydrogens is 393 g/mol. The molecule has 0 spiro atoms. The summed E-state index contributed by atoms with van der Waals surface area (Å²) in [6, 6.07) is 0. The molecule has 1 saturated heterocycles. The van der Waals surface area contributed by atoms with Crippen molar-refractivity contribution in [2.75, 3.05) is 40.4 Å². The van der Waals surface area contributed by atoms with Crippen LogP contribution in [0.1, 0.15) is 19.3 Å². The average molecular weight is 421 g/mol. The summed E-state index contributed by atoms with van der Waals surface area (Å²) >= 11 is 0. The van der Waals surface area contributed by atoms with Crippen LogP contribution in [-0.2, 0) is 11.3 Å². The van der Waals surface area contributed by atoms with E-state index >= 15 is 0 Å². The molecule has 0 aliphatic carbocycles. The number of imidazole rings is 1. The summed E-state index contributed by atoms with van der Waals surface area (Å²) in [5.74, 6) is 1.76. The lowest BCUT2D eigenvalue weighted by atomic mass is 9.96. The summed E-state index contributed by atoms with van der Waals surface area (Å²) < 4.78 is 7.46. The van der Waals surface area contributed by atoms with Gasteiger partial charge in [0, 0.05) is 59.3 Å². The number of rotatable bonds is 6. The Labute approximate surface area is 150 Å². The van der Waals surface area contributed by atoms with Gasteiger partial charge in [0.05, 0.1) is 6.33 Å². The quantitative estimate of drug-likeness (QED) is 0.433. The molecule has 1 aromatic heterocycles. The summed E-state index contributed by atoms with van der Waals surface area (Å²) in [6.07, 6.45) is 9.20. The Morgan fingerprint density at radius 2 is 2.23 bits per heavy atom. The molecule has 0 radical (unpaired) electrons. The van der Waals surface area contributed by atoms with Gasteiger partial charge in [-0.05, 0) is 25.2 Å². The first kappa shape index (κ1) is 19.2. The van der Waals surface area contributed by atoms with Crippen LogP contribution in [0.3, 0.4) is 0 Å². The van der Waals surface area contributed by atoms with Gasteiger partial charge in [0.15, 0.2) is 5.96 Å². The van der Waals surface area contributed by atoms with Gasteiger partial charge in [-0.3, -0.25) is 4.99 Å². The second-order valence-electron chi connectivity index (χ2n) is 5.54. The van der Waals surface area contributed by atoms with E-state index in [-0.39, 0.29) is 24.0 Å². The van der Waals surface area contributed by atoms with Gasteiger partial charge >= 0.3 is 0 Å². The van der Waals surface area contributed by atoms with Crippen molar-refractivity contribution < 1.29 is 4.74 Å². The molecule has 0 saturated carbocycles. The number of aromatic nitrogens is 2. The van der Waals surface area contributed by atoms with E-state index in [9.17, 15) is 0 Å². The SMILES string of the molecule is CN=C(NCCn1ccnc1)N(C)CCC1CCOCC1.I. The highest BCUT2D eigenvalue weighted by atomic mass is 127. The van der Waals surface area contributed by atoms with Gasteiger partial charge in [0.2, 0.25) is 0 Å². The van der Waals surface area contributed by atoms with Crippen LogP contribution >= 0.6 is 24.0 Å². The number of nitrogens with zero attached hydrogens (tertiary/aromatic N) is 4. The first-order valence-corrected chi connectivity index (χ1v) is 7.75. The summed E-state index contributed by atoms with van der Waals surface area (Å²) in [7, 11) is 3.94. The summed E-state index contributed by atoms with van der Waals surface area (Å²) in [5, 5.41) is 3.40. The van der Waals surface area contributed by atoms with Crippen molar-refractivity contribution in [3.05, 3.63) is 18.7 Å². The number of hydrogen-bond acceptors (Lipinski definition) is 3. The third-order valence-corrected chi connectivity index (χ3v) is 4.00. The van der Waals surface area contributed by atoms with Crippen LogP contribution < -0.4 is 5.32 Å². The van der Waals surface area contributed by atoms with Gasteiger partial charge in [0.1, 0.15) is 0 Å². The Bertz CT molecular complexity index is 418. The lowest BCUT2D eigenvalue weighted by Crippen LogP contribution is -2.41. The van der Waals surface area contributed by atoms with Gasteiger partial charge in [0.25, 0.3) is 0 Å². The van der Waals surface area contributed by atoms with E-state index in [1.807, 2.05) is 19.6 Å². The number of aliphatic imine (C=N–C) groups is 1. The van der Waals surface area contributed by atoms with Crippen molar-refractivity contribution >= 4 is 29.9 Å². The van der Waals surface area contributed by atoms with E-state index in [0.29, 0.717) is 0 Å². The molecule has 0 aromatic carbocycles. The molecule has 1 aliphatic rings. The van der Waals surface area contributed by atoms with Crippen molar-refractivity contribution in [1.82, 2.24) is 19.8 Å². The molecule has 0 unspecified atom stereocenters. The molecule has 2 rings (SSSR count). The Kier molecular flexibility index (Phi) is 9.45. The highest BCUT2D eigenvalue weighted by molar-refractivity contribution is 14.0. The van der Waals surface area contributed by atoms with E-state index in [4.69, 9.17) is 4.74 Å². The second-order valence-corrected chi connectivity index (χ2v) is 5.54. The zero-order valence-electron chi connectivity index (χ0n) is 13.6. The average Bonchev–Trinajstić information content (AvgIpc) is 3.03. The minimum Gasteiger partial charge on any atom is -0.381 e. The van der Waals surface area contributed by atoms with Crippen LogP contribution in [0.25, 0.3) is 0 Å². The fraction of sp³-hybridized carbons (Fsp3) is 0.733. The molecule has 1 aromatic rings. The molecule has 6 nitrogen and oxygen atoms in total. The number of ether oxygens (including phenoxy) is 1. The van der Waals surface area contributed by atoms with Crippen molar-refractivity contribution in [2.24, 2.45) is 10.9 Å². The lowest BCUT2D eigenvalue weighted by molar-refractivity contribution is 0.0625. The maximum Gasteiger partial charge on any atom is 0.193 e. The first-order valence-electron chi connectivity index (χ1n) is 7.75. The van der Waals surface area contributed by atoms with Crippen LogP contribution in [0.4, 0.5) is 0 Å². The summed E-state index contributed by atoms with van der Waals surface area (Å²) in [6.45, 7) is 4.63. The molecule has 0 atom stereocenters. The summed E-state index contributed by atoms with van der Waals surface area (Å²) in [4.78, 5) is 10.6. The zero-order valence-corrected chi connectivity index (χ0v) is 15.9. The first-order chi connectivity index (χ1) is 10.3. The van der Waals surface area contributed by atoms with Gasteiger partial charge < -0.3 is 19.5 Å². The normalized spacial score (nSPS) is 16.2. The Balaban J connectivity index is 0.00000242. The minimum absolute atomic E-state index is 0. The lowest BCUT2D eigenvalue weighted by Gasteiger charge is -2.26. The predicted octanol–water partition coefficient (Wildman–Crippen LogP) is 1.82. The van der Waals surface area contributed by atoms with Crippen molar-refractivity contribution in [3.63, 3.8) is 0 Å². The molecule has 7 heteroatoms. The number of guanidine groups is 1. The molecule has 1 N–H and O–H groups in total. The fourth-order valence-electron chi connectivity index (χ4n) is 2.62. The molecular formula is C15H28IN5O. The highest BCUT2D eigenvalue weighted by Crippen LogP contribution is 2.18. The fourth-order valence-corrected chi connectivity index (χ4v) is 2.62. The van der Waals surface area contributed by atoms with Crippen molar-refractivity contribution in [2.45, 2.75) is 25.8 Å². The molecule has 1 fully saturated rings. The number of hydrogen-bond donors (Lipinski definition) is 1. The van der Waals surface area contributed by atoms with Crippen molar-refractivity contribution in [1.29, 1.82) is 0 Å². The minimum atomic E-state index is 0. The third-order valence-electron chi connectivity index (χ3n) is 4.00. The molecule has 126 valence electrons. The van der Waals surface area contributed by atoms with Crippen LogP contribution in [-0.4, -0.2) is 60.8 Å².